The first-order chi connectivity index (χ1) is 10.5. The summed E-state index contributed by atoms with van der Waals surface area (Å²) < 4.78 is 0. The van der Waals surface area contributed by atoms with E-state index in [1.807, 2.05) is 24.3 Å². The molecule has 0 saturated heterocycles. The number of hydrazone groups is 1. The highest BCUT2D eigenvalue weighted by Crippen LogP contribution is 2.20. The lowest BCUT2D eigenvalue weighted by atomic mass is 10.0. The van der Waals surface area contributed by atoms with Crippen LogP contribution in [0.25, 0.3) is 0 Å². The summed E-state index contributed by atoms with van der Waals surface area (Å²) in [4.78, 5) is 11.8. The first-order valence-electron chi connectivity index (χ1n) is 6.92. The highest BCUT2D eigenvalue weighted by molar-refractivity contribution is 5.95. The van der Waals surface area contributed by atoms with E-state index in [2.05, 4.69) is 24.4 Å². The first kappa shape index (κ1) is 15.6. The van der Waals surface area contributed by atoms with Gasteiger partial charge in [-0.05, 0) is 29.2 Å². The maximum Gasteiger partial charge on any atom is 0.271 e. The zero-order chi connectivity index (χ0) is 16.1. The number of amides is 1. The summed E-state index contributed by atoms with van der Waals surface area (Å²) in [5.41, 5.74) is 4.57. The number of aromatic hydroxyl groups is 2. The van der Waals surface area contributed by atoms with Gasteiger partial charge in [0.05, 0.1) is 6.21 Å². The number of rotatable bonds is 4. The Hall–Kier alpha value is -2.82. The van der Waals surface area contributed by atoms with Gasteiger partial charge < -0.3 is 10.2 Å². The van der Waals surface area contributed by atoms with Crippen LogP contribution in [-0.4, -0.2) is 22.3 Å². The molecule has 0 aromatic heterocycles. The smallest absolute Gasteiger partial charge is 0.271 e. The Kier molecular flexibility index (Phi) is 4.78. The molecule has 2 aromatic carbocycles. The molecule has 2 rings (SSSR count). The number of carbonyl (C=O) groups excluding carboxylic acids is 1. The molecule has 0 aliphatic rings. The SMILES string of the molecule is CC(C)c1ccc(C=NNC(=O)c2cc(O)cc(O)c2)cc1. The quantitative estimate of drug-likeness (QED) is 0.599. The van der Waals surface area contributed by atoms with Gasteiger partial charge in [-0.1, -0.05) is 38.1 Å². The van der Waals surface area contributed by atoms with Gasteiger partial charge >= 0.3 is 0 Å². The van der Waals surface area contributed by atoms with Crippen molar-refractivity contribution < 1.29 is 15.0 Å². The summed E-state index contributed by atoms with van der Waals surface area (Å²) in [7, 11) is 0. The molecule has 3 N–H and O–H groups in total. The molecule has 5 nitrogen and oxygen atoms in total. The number of hydrogen-bond donors (Lipinski definition) is 3. The van der Waals surface area contributed by atoms with Gasteiger partial charge in [0.25, 0.3) is 5.91 Å². The lowest BCUT2D eigenvalue weighted by Gasteiger charge is -2.04. The standard InChI is InChI=1S/C17H18N2O3/c1-11(2)13-5-3-12(4-6-13)10-18-19-17(22)14-7-15(20)9-16(21)8-14/h3-11,20-21H,1-2H3,(H,19,22). The third kappa shape index (κ3) is 4.09. The van der Waals surface area contributed by atoms with E-state index in [9.17, 15) is 15.0 Å². The average molecular weight is 298 g/mol. The van der Waals surface area contributed by atoms with Gasteiger partial charge in [0, 0.05) is 11.6 Å². The van der Waals surface area contributed by atoms with E-state index < -0.39 is 5.91 Å². The molecule has 0 aliphatic carbocycles. The summed E-state index contributed by atoms with van der Waals surface area (Å²) in [6.45, 7) is 4.24. The van der Waals surface area contributed by atoms with Crippen LogP contribution in [0.2, 0.25) is 0 Å². The predicted octanol–water partition coefficient (Wildman–Crippen LogP) is 2.99. The molecule has 0 unspecified atom stereocenters. The minimum Gasteiger partial charge on any atom is -0.508 e. The number of phenols is 2. The van der Waals surface area contributed by atoms with Gasteiger partial charge in [0.1, 0.15) is 11.5 Å². The maximum atomic E-state index is 11.8. The van der Waals surface area contributed by atoms with Crippen LogP contribution in [0.4, 0.5) is 0 Å². The van der Waals surface area contributed by atoms with Crippen LogP contribution < -0.4 is 5.43 Å². The Morgan fingerprint density at radius 1 is 1.09 bits per heavy atom. The Morgan fingerprint density at radius 3 is 2.23 bits per heavy atom. The molecule has 0 heterocycles. The third-order valence-electron chi connectivity index (χ3n) is 3.15. The lowest BCUT2D eigenvalue weighted by molar-refractivity contribution is 0.0954. The van der Waals surface area contributed by atoms with Crippen molar-refractivity contribution in [2.24, 2.45) is 5.10 Å². The number of hydrogen-bond acceptors (Lipinski definition) is 4. The van der Waals surface area contributed by atoms with Crippen LogP contribution in [0.1, 0.15) is 41.3 Å². The van der Waals surface area contributed by atoms with Crippen molar-refractivity contribution in [2.45, 2.75) is 19.8 Å². The molecule has 1 amide bonds. The fourth-order valence-corrected chi connectivity index (χ4v) is 1.92. The predicted molar refractivity (Wildman–Crippen MR) is 85.4 cm³/mol. The van der Waals surface area contributed by atoms with E-state index >= 15 is 0 Å². The van der Waals surface area contributed by atoms with E-state index in [-0.39, 0.29) is 17.1 Å². The van der Waals surface area contributed by atoms with Crippen molar-refractivity contribution in [3.63, 3.8) is 0 Å². The minimum absolute atomic E-state index is 0.129. The van der Waals surface area contributed by atoms with Crippen LogP contribution >= 0.6 is 0 Å². The van der Waals surface area contributed by atoms with E-state index in [1.54, 1.807) is 0 Å². The van der Waals surface area contributed by atoms with Crippen LogP contribution in [0.3, 0.4) is 0 Å². The van der Waals surface area contributed by atoms with Gasteiger partial charge in [0.2, 0.25) is 0 Å². The van der Waals surface area contributed by atoms with Crippen molar-refractivity contribution in [2.75, 3.05) is 0 Å². The molecule has 0 spiro atoms. The van der Waals surface area contributed by atoms with Crippen molar-refractivity contribution in [3.8, 4) is 11.5 Å². The number of phenolic OH excluding ortho intramolecular Hbond substituents is 2. The molecule has 0 saturated carbocycles. The zero-order valence-electron chi connectivity index (χ0n) is 12.4. The van der Waals surface area contributed by atoms with E-state index in [1.165, 1.54) is 23.9 Å². The Labute approximate surface area is 128 Å². The molecule has 0 atom stereocenters. The monoisotopic (exact) mass is 298 g/mol. The first-order valence-corrected chi connectivity index (χ1v) is 6.92. The number of nitrogens with one attached hydrogen (secondary N) is 1. The zero-order valence-corrected chi connectivity index (χ0v) is 12.4. The van der Waals surface area contributed by atoms with Gasteiger partial charge in [-0.3, -0.25) is 4.79 Å². The summed E-state index contributed by atoms with van der Waals surface area (Å²) in [6, 6.07) is 11.5. The van der Waals surface area contributed by atoms with Crippen LogP contribution in [0.5, 0.6) is 11.5 Å². The molecule has 0 fully saturated rings. The van der Waals surface area contributed by atoms with E-state index in [0.717, 1.165) is 11.6 Å². The number of benzene rings is 2. The minimum atomic E-state index is -0.513. The van der Waals surface area contributed by atoms with Crippen molar-refractivity contribution >= 4 is 12.1 Å². The average Bonchev–Trinajstić information content (AvgIpc) is 2.46. The topological polar surface area (TPSA) is 81.9 Å². The molecule has 114 valence electrons. The van der Waals surface area contributed by atoms with Crippen LogP contribution in [-0.2, 0) is 0 Å². The summed E-state index contributed by atoms with van der Waals surface area (Å²) in [6.07, 6.45) is 1.53. The van der Waals surface area contributed by atoms with Crippen molar-refractivity contribution in [1.82, 2.24) is 5.43 Å². The van der Waals surface area contributed by atoms with Crippen molar-refractivity contribution in [1.29, 1.82) is 0 Å². The molecule has 0 aliphatic heterocycles. The molecule has 2 aromatic rings. The van der Waals surface area contributed by atoms with Gasteiger partial charge in [-0.15, -0.1) is 0 Å². The molecule has 5 heteroatoms. The number of carbonyl (C=O) groups is 1. The second-order valence-electron chi connectivity index (χ2n) is 5.26. The Morgan fingerprint density at radius 2 is 1.68 bits per heavy atom. The second kappa shape index (κ2) is 6.76. The number of nitrogens with zero attached hydrogens (tertiary/aromatic N) is 1. The molecular formula is C17H18N2O3. The Balaban J connectivity index is 2.00. The fraction of sp³-hybridized carbons (Fsp3) is 0.176. The van der Waals surface area contributed by atoms with Gasteiger partial charge in [-0.25, -0.2) is 5.43 Å². The Bertz CT molecular complexity index is 671. The van der Waals surface area contributed by atoms with Gasteiger partial charge in [-0.2, -0.15) is 5.10 Å². The third-order valence-corrected chi connectivity index (χ3v) is 3.15. The van der Waals surface area contributed by atoms with Gasteiger partial charge in [0.15, 0.2) is 0 Å². The molecule has 0 bridgehead atoms. The van der Waals surface area contributed by atoms with E-state index in [0.29, 0.717) is 5.92 Å². The summed E-state index contributed by atoms with van der Waals surface area (Å²) >= 11 is 0. The van der Waals surface area contributed by atoms with Crippen molar-refractivity contribution in [3.05, 3.63) is 59.2 Å². The molecular weight excluding hydrogens is 280 g/mol. The fourth-order valence-electron chi connectivity index (χ4n) is 1.92. The highest BCUT2D eigenvalue weighted by atomic mass is 16.3. The van der Waals surface area contributed by atoms with E-state index in [4.69, 9.17) is 0 Å². The molecule has 22 heavy (non-hydrogen) atoms. The summed E-state index contributed by atoms with van der Waals surface area (Å²) in [5.74, 6) is -0.415. The lowest BCUT2D eigenvalue weighted by Crippen LogP contribution is -2.17. The van der Waals surface area contributed by atoms with Crippen LogP contribution in [0.15, 0.2) is 47.6 Å². The highest BCUT2D eigenvalue weighted by Gasteiger charge is 2.07. The largest absolute Gasteiger partial charge is 0.508 e. The molecule has 0 radical (unpaired) electrons. The van der Waals surface area contributed by atoms with Crippen LogP contribution in [0, 0.1) is 0 Å². The summed E-state index contributed by atoms with van der Waals surface area (Å²) in [5, 5.41) is 22.5. The second-order valence-corrected chi connectivity index (χ2v) is 5.26. The normalized spacial score (nSPS) is 11.0. The maximum absolute atomic E-state index is 11.8.